The van der Waals surface area contributed by atoms with E-state index in [1.54, 1.807) is 0 Å². The molecular formula is C12H18BrNS. The van der Waals surface area contributed by atoms with Gasteiger partial charge in [0.15, 0.2) is 0 Å². The summed E-state index contributed by atoms with van der Waals surface area (Å²) in [5, 5.41) is 3.48. The highest BCUT2D eigenvalue weighted by Crippen LogP contribution is 2.19. The molecule has 0 bridgehead atoms. The number of rotatable bonds is 5. The number of hydrogen-bond donors (Lipinski definition) is 1. The van der Waals surface area contributed by atoms with Gasteiger partial charge in [-0.2, -0.15) is 11.8 Å². The van der Waals surface area contributed by atoms with Crippen molar-refractivity contribution in [1.82, 2.24) is 5.32 Å². The summed E-state index contributed by atoms with van der Waals surface area (Å²) in [6.07, 6.45) is 2.15. The van der Waals surface area contributed by atoms with Gasteiger partial charge >= 0.3 is 0 Å². The second-order valence-electron chi connectivity index (χ2n) is 4.20. The molecule has 0 aliphatic carbocycles. The van der Waals surface area contributed by atoms with E-state index in [4.69, 9.17) is 0 Å². The summed E-state index contributed by atoms with van der Waals surface area (Å²) in [5.41, 5.74) is 1.32. The van der Waals surface area contributed by atoms with E-state index in [1.165, 1.54) is 5.56 Å². The first-order valence-corrected chi connectivity index (χ1v) is 7.05. The average Bonchev–Trinajstić information content (AvgIpc) is 2.18. The fourth-order valence-electron chi connectivity index (χ4n) is 1.23. The summed E-state index contributed by atoms with van der Waals surface area (Å²) in [5.74, 6) is 0. The minimum atomic E-state index is 0.312. The van der Waals surface area contributed by atoms with Gasteiger partial charge in [0.1, 0.15) is 0 Å². The molecule has 0 spiro atoms. The van der Waals surface area contributed by atoms with Crippen LogP contribution < -0.4 is 5.32 Å². The summed E-state index contributed by atoms with van der Waals surface area (Å²) in [6, 6.07) is 8.42. The van der Waals surface area contributed by atoms with Crippen LogP contribution in [0.1, 0.15) is 19.4 Å². The van der Waals surface area contributed by atoms with Crippen LogP contribution in [0.15, 0.2) is 28.7 Å². The van der Waals surface area contributed by atoms with E-state index in [-0.39, 0.29) is 0 Å². The van der Waals surface area contributed by atoms with Crippen molar-refractivity contribution in [1.29, 1.82) is 0 Å². The highest BCUT2D eigenvalue weighted by atomic mass is 79.9. The maximum absolute atomic E-state index is 3.48. The van der Waals surface area contributed by atoms with Gasteiger partial charge in [0.05, 0.1) is 0 Å². The number of nitrogens with one attached hydrogen (secondary N) is 1. The molecule has 0 radical (unpaired) electrons. The van der Waals surface area contributed by atoms with Crippen LogP contribution in [0.3, 0.4) is 0 Å². The number of thioether (sulfide) groups is 1. The average molecular weight is 288 g/mol. The standard InChI is InChI=1S/C12H18BrNS/c1-12(2,15-3)9-14-8-10-5-4-6-11(13)7-10/h4-7,14H,8-9H2,1-3H3. The fraction of sp³-hybridized carbons (Fsp3) is 0.500. The predicted octanol–water partition coefficient (Wildman–Crippen LogP) is 3.68. The van der Waals surface area contributed by atoms with E-state index in [1.807, 2.05) is 11.8 Å². The molecule has 1 nitrogen and oxygen atoms in total. The largest absolute Gasteiger partial charge is 0.311 e. The summed E-state index contributed by atoms with van der Waals surface area (Å²) >= 11 is 5.37. The van der Waals surface area contributed by atoms with Gasteiger partial charge in [0.2, 0.25) is 0 Å². The van der Waals surface area contributed by atoms with Gasteiger partial charge in [-0.15, -0.1) is 0 Å². The molecule has 1 aromatic carbocycles. The Balaban J connectivity index is 2.38. The third-order valence-electron chi connectivity index (χ3n) is 2.32. The maximum Gasteiger partial charge on any atom is 0.0225 e. The first-order chi connectivity index (χ1) is 7.03. The number of hydrogen-bond acceptors (Lipinski definition) is 2. The van der Waals surface area contributed by atoms with Gasteiger partial charge in [0.25, 0.3) is 0 Å². The lowest BCUT2D eigenvalue weighted by atomic mass is 10.2. The minimum absolute atomic E-state index is 0.312. The normalized spacial score (nSPS) is 11.7. The van der Waals surface area contributed by atoms with Gasteiger partial charge in [0, 0.05) is 22.3 Å². The Bertz CT molecular complexity index is 312. The van der Waals surface area contributed by atoms with Crippen LogP contribution in [0.2, 0.25) is 0 Å². The molecule has 1 aromatic rings. The predicted molar refractivity (Wildman–Crippen MR) is 73.4 cm³/mol. The molecule has 1 N–H and O–H groups in total. The van der Waals surface area contributed by atoms with E-state index in [9.17, 15) is 0 Å². The zero-order valence-corrected chi connectivity index (χ0v) is 11.9. The van der Waals surface area contributed by atoms with Crippen molar-refractivity contribution in [2.24, 2.45) is 0 Å². The SMILES string of the molecule is CSC(C)(C)CNCc1cccc(Br)c1. The van der Waals surface area contributed by atoms with Crippen LogP contribution in [-0.4, -0.2) is 17.5 Å². The molecule has 0 atom stereocenters. The molecule has 0 unspecified atom stereocenters. The smallest absolute Gasteiger partial charge is 0.0225 e. The van der Waals surface area contributed by atoms with Gasteiger partial charge in [-0.05, 0) is 37.8 Å². The minimum Gasteiger partial charge on any atom is -0.311 e. The zero-order valence-electron chi connectivity index (χ0n) is 9.51. The van der Waals surface area contributed by atoms with Crippen LogP contribution in [0.4, 0.5) is 0 Å². The first-order valence-electron chi connectivity index (χ1n) is 5.04. The fourth-order valence-corrected chi connectivity index (χ4v) is 1.92. The Kier molecular flexibility index (Phi) is 5.16. The Labute approximate surface area is 105 Å². The molecule has 0 amide bonds. The number of halogens is 1. The Morgan fingerprint density at radius 3 is 2.73 bits per heavy atom. The molecule has 3 heteroatoms. The van der Waals surface area contributed by atoms with Crippen LogP contribution in [0.5, 0.6) is 0 Å². The summed E-state index contributed by atoms with van der Waals surface area (Å²) < 4.78 is 1.46. The molecule has 0 aromatic heterocycles. The third-order valence-corrected chi connectivity index (χ3v) is 4.06. The summed E-state index contributed by atoms with van der Waals surface area (Å²) in [4.78, 5) is 0. The molecule has 84 valence electrons. The van der Waals surface area contributed by atoms with Gasteiger partial charge in [-0.1, -0.05) is 28.1 Å². The lowest BCUT2D eigenvalue weighted by Crippen LogP contribution is -2.31. The molecule has 0 aliphatic heterocycles. The van der Waals surface area contributed by atoms with Crippen molar-refractivity contribution in [3.63, 3.8) is 0 Å². The van der Waals surface area contributed by atoms with Crippen LogP contribution in [0, 0.1) is 0 Å². The van der Waals surface area contributed by atoms with E-state index in [0.29, 0.717) is 4.75 Å². The Morgan fingerprint density at radius 1 is 1.40 bits per heavy atom. The molecule has 0 aliphatic rings. The summed E-state index contributed by atoms with van der Waals surface area (Å²) in [7, 11) is 0. The zero-order chi connectivity index (χ0) is 11.3. The monoisotopic (exact) mass is 287 g/mol. The quantitative estimate of drug-likeness (QED) is 0.887. The van der Waals surface area contributed by atoms with E-state index in [0.717, 1.165) is 17.6 Å². The highest BCUT2D eigenvalue weighted by molar-refractivity contribution is 9.10. The lowest BCUT2D eigenvalue weighted by molar-refractivity contribution is 0.591. The molecular weight excluding hydrogens is 270 g/mol. The van der Waals surface area contributed by atoms with Crippen LogP contribution >= 0.6 is 27.7 Å². The van der Waals surface area contributed by atoms with Crippen LogP contribution in [0.25, 0.3) is 0 Å². The molecule has 15 heavy (non-hydrogen) atoms. The second kappa shape index (κ2) is 5.92. The van der Waals surface area contributed by atoms with Crippen LogP contribution in [-0.2, 0) is 6.54 Å². The molecule has 1 rings (SSSR count). The highest BCUT2D eigenvalue weighted by Gasteiger charge is 2.14. The maximum atomic E-state index is 3.48. The van der Waals surface area contributed by atoms with Crippen molar-refractivity contribution in [2.75, 3.05) is 12.8 Å². The molecule has 0 heterocycles. The molecule has 0 saturated heterocycles. The number of benzene rings is 1. The summed E-state index contributed by atoms with van der Waals surface area (Å²) in [6.45, 7) is 6.47. The van der Waals surface area contributed by atoms with E-state index >= 15 is 0 Å². The lowest BCUT2D eigenvalue weighted by Gasteiger charge is -2.22. The first kappa shape index (κ1) is 13.1. The Morgan fingerprint density at radius 2 is 2.13 bits per heavy atom. The van der Waals surface area contributed by atoms with E-state index < -0.39 is 0 Å². The molecule has 0 fully saturated rings. The molecule has 0 saturated carbocycles. The topological polar surface area (TPSA) is 12.0 Å². The second-order valence-corrected chi connectivity index (χ2v) is 6.63. The van der Waals surface area contributed by atoms with Crippen molar-refractivity contribution in [3.8, 4) is 0 Å². The van der Waals surface area contributed by atoms with E-state index in [2.05, 4.69) is 65.6 Å². The van der Waals surface area contributed by atoms with Crippen molar-refractivity contribution < 1.29 is 0 Å². The third kappa shape index (κ3) is 5.05. The van der Waals surface area contributed by atoms with Gasteiger partial charge < -0.3 is 5.32 Å². The van der Waals surface area contributed by atoms with Crippen molar-refractivity contribution in [2.45, 2.75) is 25.1 Å². The van der Waals surface area contributed by atoms with Gasteiger partial charge in [-0.25, -0.2) is 0 Å². The van der Waals surface area contributed by atoms with Gasteiger partial charge in [-0.3, -0.25) is 0 Å². The van der Waals surface area contributed by atoms with Crippen molar-refractivity contribution in [3.05, 3.63) is 34.3 Å². The Hall–Kier alpha value is 0.01000. The van der Waals surface area contributed by atoms with Crippen molar-refractivity contribution >= 4 is 27.7 Å².